The molecule has 0 aliphatic heterocycles. The maximum Gasteiger partial charge on any atom is 0.373 e. The molecule has 1 aliphatic rings. The van der Waals surface area contributed by atoms with E-state index in [4.69, 9.17) is 9.78 Å². The lowest BCUT2D eigenvalue weighted by molar-refractivity contribution is -0.488. The Bertz CT molecular complexity index is 484. The molecule has 5 nitrogen and oxygen atoms in total. The van der Waals surface area contributed by atoms with Gasteiger partial charge in [0.05, 0.1) is 5.56 Å². The Morgan fingerprint density at radius 3 is 2.27 bits per heavy atom. The molecule has 0 heterocycles. The number of carbonyl (C=O) groups is 1. The third kappa shape index (κ3) is 4.06. The lowest BCUT2D eigenvalue weighted by Crippen LogP contribution is -2.42. The third-order valence-corrected chi connectivity index (χ3v) is 4.42. The molecule has 2 rings (SSSR count). The van der Waals surface area contributed by atoms with E-state index in [9.17, 15) is 10.1 Å². The summed E-state index contributed by atoms with van der Waals surface area (Å²) < 4.78 is 0. The molecule has 0 spiro atoms. The second-order valence-corrected chi connectivity index (χ2v) is 6.96. The van der Waals surface area contributed by atoms with Crippen LogP contribution < -0.4 is 0 Å². The van der Waals surface area contributed by atoms with Crippen LogP contribution in [0.1, 0.15) is 56.8 Å². The van der Waals surface area contributed by atoms with E-state index in [1.165, 1.54) is 0 Å². The zero-order valence-electron chi connectivity index (χ0n) is 13.4. The first-order valence-electron chi connectivity index (χ1n) is 7.64. The van der Waals surface area contributed by atoms with Crippen molar-refractivity contribution in [3.63, 3.8) is 0 Å². The van der Waals surface area contributed by atoms with Gasteiger partial charge in [-0.2, -0.15) is 4.89 Å². The van der Waals surface area contributed by atoms with Crippen LogP contribution in [0.2, 0.25) is 0 Å². The Labute approximate surface area is 131 Å². The molecule has 1 fully saturated rings. The van der Waals surface area contributed by atoms with E-state index < -0.39 is 11.8 Å². The smallest absolute Gasteiger partial charge is 0.290 e. The lowest BCUT2D eigenvalue weighted by Gasteiger charge is -2.40. The predicted molar refractivity (Wildman–Crippen MR) is 80.8 cm³/mol. The highest BCUT2D eigenvalue weighted by molar-refractivity contribution is 5.88. The molecule has 1 aliphatic carbocycles. The molecule has 0 atom stereocenters. The average molecular weight is 308 g/mol. The van der Waals surface area contributed by atoms with E-state index in [1.807, 2.05) is 6.07 Å². The second kappa shape index (κ2) is 6.77. The summed E-state index contributed by atoms with van der Waals surface area (Å²) in [6.45, 7) is 6.59. The molecule has 1 aromatic rings. The molecule has 0 bridgehead atoms. The van der Waals surface area contributed by atoms with Crippen LogP contribution in [0.4, 0.5) is 0 Å². The van der Waals surface area contributed by atoms with Crippen LogP contribution in [0.25, 0.3) is 0 Å². The quantitative estimate of drug-likeness (QED) is 0.513. The lowest BCUT2D eigenvalue weighted by atomic mass is 9.71. The summed E-state index contributed by atoms with van der Waals surface area (Å²) in [5, 5.41) is 9.20. The van der Waals surface area contributed by atoms with E-state index >= 15 is 0 Å². The fourth-order valence-corrected chi connectivity index (χ4v) is 2.85. The van der Waals surface area contributed by atoms with Gasteiger partial charge in [0.1, 0.15) is 0 Å². The van der Waals surface area contributed by atoms with Gasteiger partial charge in [0, 0.05) is 12.8 Å². The SMILES string of the molecule is CC(C)(C)C1CCC(OO)(OOC(=O)c2ccccc2)CC1. The predicted octanol–water partition coefficient (Wildman–Crippen LogP) is 4.20. The summed E-state index contributed by atoms with van der Waals surface area (Å²) in [7, 11) is 0. The Hall–Kier alpha value is -1.43. The maximum absolute atomic E-state index is 11.9. The van der Waals surface area contributed by atoms with Crippen LogP contribution >= 0.6 is 0 Å². The minimum absolute atomic E-state index is 0.197. The van der Waals surface area contributed by atoms with Crippen molar-refractivity contribution >= 4 is 5.97 Å². The van der Waals surface area contributed by atoms with Crippen LogP contribution in [-0.4, -0.2) is 17.0 Å². The molecule has 122 valence electrons. The van der Waals surface area contributed by atoms with Gasteiger partial charge in [-0.1, -0.05) is 39.0 Å². The first-order valence-corrected chi connectivity index (χ1v) is 7.64. The van der Waals surface area contributed by atoms with Gasteiger partial charge in [-0.15, -0.1) is 4.89 Å². The Kier molecular flexibility index (Phi) is 5.21. The maximum atomic E-state index is 11.9. The van der Waals surface area contributed by atoms with Gasteiger partial charge in [0.25, 0.3) is 0 Å². The van der Waals surface area contributed by atoms with E-state index in [0.717, 1.165) is 12.8 Å². The van der Waals surface area contributed by atoms with Gasteiger partial charge >= 0.3 is 5.97 Å². The number of hydrogen-bond acceptors (Lipinski definition) is 5. The first kappa shape index (κ1) is 16.9. The Balaban J connectivity index is 1.92. The van der Waals surface area contributed by atoms with Crippen molar-refractivity contribution in [3.8, 4) is 0 Å². The van der Waals surface area contributed by atoms with Gasteiger partial charge in [0.2, 0.25) is 5.79 Å². The fourth-order valence-electron chi connectivity index (χ4n) is 2.85. The van der Waals surface area contributed by atoms with E-state index in [2.05, 4.69) is 25.7 Å². The summed E-state index contributed by atoms with van der Waals surface area (Å²) in [4.78, 5) is 26.4. The summed E-state index contributed by atoms with van der Waals surface area (Å²) in [6, 6.07) is 8.56. The van der Waals surface area contributed by atoms with Crippen molar-refractivity contribution in [2.24, 2.45) is 11.3 Å². The number of carbonyl (C=O) groups excluding carboxylic acids is 1. The molecule has 0 aromatic heterocycles. The number of benzene rings is 1. The van der Waals surface area contributed by atoms with Crippen LogP contribution in [-0.2, 0) is 14.7 Å². The monoisotopic (exact) mass is 308 g/mol. The standard InChI is InChI=1S/C17H24O5/c1-16(2,3)14-9-11-17(21-19,12-10-14)22-20-15(18)13-7-5-4-6-8-13/h4-8,14,19H,9-12H2,1-3H3. The summed E-state index contributed by atoms with van der Waals surface area (Å²) in [5.74, 6) is -1.34. The number of hydrogen-bond donors (Lipinski definition) is 1. The second-order valence-electron chi connectivity index (χ2n) is 6.96. The third-order valence-electron chi connectivity index (χ3n) is 4.42. The summed E-state index contributed by atoms with van der Waals surface area (Å²) in [6.07, 6.45) is 2.64. The molecule has 1 saturated carbocycles. The molecule has 1 aromatic carbocycles. The van der Waals surface area contributed by atoms with E-state index in [-0.39, 0.29) is 5.41 Å². The van der Waals surface area contributed by atoms with E-state index in [0.29, 0.717) is 24.3 Å². The zero-order chi connectivity index (χ0) is 16.2. The summed E-state index contributed by atoms with van der Waals surface area (Å²) >= 11 is 0. The normalized spacial score (nSPS) is 25.7. The van der Waals surface area contributed by atoms with E-state index in [1.54, 1.807) is 24.3 Å². The molecular formula is C17H24O5. The summed E-state index contributed by atoms with van der Waals surface area (Å²) in [5.41, 5.74) is 0.585. The molecule has 22 heavy (non-hydrogen) atoms. The van der Waals surface area contributed by atoms with Crippen LogP contribution in [0, 0.1) is 11.3 Å². The molecule has 0 radical (unpaired) electrons. The molecule has 5 heteroatoms. The fraction of sp³-hybridized carbons (Fsp3) is 0.588. The van der Waals surface area contributed by atoms with Crippen LogP contribution in [0.5, 0.6) is 0 Å². The molecular weight excluding hydrogens is 284 g/mol. The van der Waals surface area contributed by atoms with Crippen molar-refractivity contribution in [3.05, 3.63) is 35.9 Å². The zero-order valence-corrected chi connectivity index (χ0v) is 13.4. The molecule has 0 saturated heterocycles. The Morgan fingerprint density at radius 1 is 1.18 bits per heavy atom. The highest BCUT2D eigenvalue weighted by atomic mass is 17.3. The van der Waals surface area contributed by atoms with Crippen molar-refractivity contribution < 1.29 is 24.7 Å². The van der Waals surface area contributed by atoms with Crippen LogP contribution in [0.3, 0.4) is 0 Å². The van der Waals surface area contributed by atoms with Crippen molar-refractivity contribution in [1.29, 1.82) is 0 Å². The van der Waals surface area contributed by atoms with Gasteiger partial charge < -0.3 is 0 Å². The highest BCUT2D eigenvalue weighted by Gasteiger charge is 2.43. The molecule has 0 amide bonds. The number of rotatable bonds is 4. The minimum Gasteiger partial charge on any atom is -0.290 e. The van der Waals surface area contributed by atoms with Crippen molar-refractivity contribution in [2.75, 3.05) is 0 Å². The largest absolute Gasteiger partial charge is 0.373 e. The van der Waals surface area contributed by atoms with Gasteiger partial charge in [-0.25, -0.2) is 10.1 Å². The van der Waals surface area contributed by atoms with Crippen molar-refractivity contribution in [2.45, 2.75) is 52.2 Å². The first-order chi connectivity index (χ1) is 10.4. The topological polar surface area (TPSA) is 65.0 Å². The highest BCUT2D eigenvalue weighted by Crippen LogP contribution is 2.43. The molecule has 1 N–H and O–H groups in total. The average Bonchev–Trinajstić information content (AvgIpc) is 2.53. The molecule has 0 unspecified atom stereocenters. The van der Waals surface area contributed by atoms with Crippen LogP contribution in [0.15, 0.2) is 30.3 Å². The van der Waals surface area contributed by atoms with Gasteiger partial charge in [-0.05, 0) is 36.3 Å². The van der Waals surface area contributed by atoms with Crippen molar-refractivity contribution in [1.82, 2.24) is 0 Å². The van der Waals surface area contributed by atoms with Gasteiger partial charge in [-0.3, -0.25) is 4.89 Å². The minimum atomic E-state index is -1.26. The van der Waals surface area contributed by atoms with Gasteiger partial charge in [0.15, 0.2) is 0 Å². The Morgan fingerprint density at radius 2 is 1.77 bits per heavy atom.